The molecule has 0 bridgehead atoms. The Hall–Kier alpha value is -1.89. The minimum absolute atomic E-state index is 0.209. The zero-order chi connectivity index (χ0) is 19.4. The van der Waals surface area contributed by atoms with Crippen molar-refractivity contribution in [3.8, 4) is 5.75 Å². The number of carbonyl (C=O) groups excluding carboxylic acids is 1. The van der Waals surface area contributed by atoms with E-state index in [4.69, 9.17) is 11.6 Å². The van der Waals surface area contributed by atoms with Crippen LogP contribution in [0.3, 0.4) is 0 Å². The summed E-state index contributed by atoms with van der Waals surface area (Å²) in [4.78, 5) is 15.3. The molecule has 0 N–H and O–H groups in total. The van der Waals surface area contributed by atoms with E-state index < -0.39 is 6.36 Å². The first-order valence-electron chi connectivity index (χ1n) is 9.00. The van der Waals surface area contributed by atoms with Gasteiger partial charge in [-0.05, 0) is 66.6 Å². The maximum absolute atomic E-state index is 12.2. The largest absolute Gasteiger partial charge is 0.573 e. The summed E-state index contributed by atoms with van der Waals surface area (Å²) >= 11 is 5.59. The van der Waals surface area contributed by atoms with Crippen LogP contribution in [-0.4, -0.2) is 47.7 Å². The van der Waals surface area contributed by atoms with E-state index in [0.29, 0.717) is 18.3 Å². The van der Waals surface area contributed by atoms with Gasteiger partial charge in [-0.2, -0.15) is 0 Å². The number of nitrogens with zero attached hydrogens (tertiary/aromatic N) is 2. The zero-order valence-corrected chi connectivity index (χ0v) is 15.5. The molecule has 2 heterocycles. The molecule has 1 amide bonds. The third-order valence-corrected chi connectivity index (χ3v) is 5.47. The van der Waals surface area contributed by atoms with Crippen LogP contribution in [0.1, 0.15) is 18.4 Å². The first-order chi connectivity index (χ1) is 12.8. The van der Waals surface area contributed by atoms with E-state index >= 15 is 0 Å². The average Bonchev–Trinajstić information content (AvgIpc) is 2.92. The highest BCUT2D eigenvalue weighted by Crippen LogP contribution is 2.32. The van der Waals surface area contributed by atoms with Crippen molar-refractivity contribution < 1.29 is 22.7 Å². The van der Waals surface area contributed by atoms with Crippen LogP contribution in [0.2, 0.25) is 0 Å². The van der Waals surface area contributed by atoms with Gasteiger partial charge in [0.05, 0.1) is 0 Å². The number of hydrogen-bond acceptors (Lipinski definition) is 3. The van der Waals surface area contributed by atoms with Crippen LogP contribution in [0.15, 0.2) is 36.5 Å². The molecule has 1 aromatic carbocycles. The molecule has 3 rings (SSSR count). The number of benzene rings is 1. The van der Waals surface area contributed by atoms with Crippen LogP contribution in [0, 0.1) is 11.8 Å². The molecule has 0 spiro atoms. The third kappa shape index (κ3) is 5.79. The van der Waals surface area contributed by atoms with Crippen LogP contribution in [0.4, 0.5) is 18.0 Å². The highest BCUT2D eigenvalue weighted by Gasteiger charge is 2.36. The lowest BCUT2D eigenvalue weighted by molar-refractivity contribution is -0.274. The van der Waals surface area contributed by atoms with Gasteiger partial charge in [0.2, 0.25) is 0 Å². The number of hydrogen-bond donors (Lipinski definition) is 0. The van der Waals surface area contributed by atoms with Gasteiger partial charge in [-0.3, -0.25) is 4.79 Å². The van der Waals surface area contributed by atoms with Gasteiger partial charge in [-0.15, -0.1) is 13.2 Å². The maximum atomic E-state index is 12.2. The Balaban J connectivity index is 1.46. The number of alkyl halides is 3. The Kier molecular flexibility index (Phi) is 6.19. The number of likely N-dealkylation sites (tertiary alicyclic amines) is 2. The second-order valence-electron chi connectivity index (χ2n) is 7.07. The summed E-state index contributed by atoms with van der Waals surface area (Å²) in [7, 11) is 0. The number of amides is 1. The molecule has 8 heteroatoms. The van der Waals surface area contributed by atoms with E-state index in [1.807, 2.05) is 6.08 Å². The lowest BCUT2D eigenvalue weighted by atomic mass is 9.92. The smallest absolute Gasteiger partial charge is 0.406 e. The average molecular weight is 403 g/mol. The summed E-state index contributed by atoms with van der Waals surface area (Å²) in [5.41, 5.74) is 0.920. The Morgan fingerprint density at radius 3 is 2.26 bits per heavy atom. The molecule has 0 aliphatic carbocycles. The molecule has 2 fully saturated rings. The quantitative estimate of drug-likeness (QED) is 0.543. The monoisotopic (exact) mass is 402 g/mol. The predicted molar refractivity (Wildman–Crippen MR) is 96.6 cm³/mol. The first-order valence-corrected chi connectivity index (χ1v) is 9.38. The first kappa shape index (κ1) is 19.9. The molecule has 2 atom stereocenters. The number of halogens is 4. The summed E-state index contributed by atoms with van der Waals surface area (Å²) in [6, 6.07) is 5.92. The highest BCUT2D eigenvalue weighted by atomic mass is 35.5. The summed E-state index contributed by atoms with van der Waals surface area (Å²) < 4.78 is 40.4. The van der Waals surface area contributed by atoms with Crippen molar-refractivity contribution in [3.05, 3.63) is 42.1 Å². The fourth-order valence-corrected chi connectivity index (χ4v) is 3.96. The van der Waals surface area contributed by atoms with Crippen molar-refractivity contribution in [1.29, 1.82) is 0 Å². The molecule has 27 heavy (non-hydrogen) atoms. The molecule has 1 aromatic rings. The lowest BCUT2D eigenvalue weighted by Gasteiger charge is -2.19. The van der Waals surface area contributed by atoms with Crippen molar-refractivity contribution >= 4 is 17.0 Å². The molecule has 2 aliphatic heterocycles. The van der Waals surface area contributed by atoms with Crippen LogP contribution in [0.25, 0.3) is 0 Å². The van der Waals surface area contributed by atoms with Crippen molar-refractivity contribution in [2.24, 2.45) is 11.8 Å². The van der Waals surface area contributed by atoms with Crippen LogP contribution >= 0.6 is 11.6 Å². The molecule has 2 saturated heterocycles. The van der Waals surface area contributed by atoms with Crippen LogP contribution in [-0.2, 0) is 6.42 Å². The molecule has 0 saturated carbocycles. The van der Waals surface area contributed by atoms with E-state index in [2.05, 4.69) is 15.8 Å². The minimum Gasteiger partial charge on any atom is -0.406 e. The molecule has 2 aliphatic rings. The molecule has 0 unspecified atom stereocenters. The molecular weight excluding hydrogens is 381 g/mol. The number of rotatable bonds is 4. The normalized spacial score (nSPS) is 23.4. The number of ether oxygens (including phenoxy) is 1. The van der Waals surface area contributed by atoms with Crippen LogP contribution < -0.4 is 4.74 Å². The van der Waals surface area contributed by atoms with Crippen LogP contribution in [0.5, 0.6) is 5.75 Å². The highest BCUT2D eigenvalue weighted by molar-refractivity contribution is 6.62. The number of fused-ring (bicyclic) bond motifs is 1. The van der Waals surface area contributed by atoms with E-state index in [1.54, 1.807) is 17.0 Å². The standard InChI is InChI=1S/C19H22ClF3N2O2/c20-18(26)25-12-15-7-10-24(11-8-16(15)13-25)9-1-2-14-3-5-17(6-4-14)27-19(21,22)23/h1,3-6,9,15-16H,2,7-8,10-13H2/b9-1+/t15-,16+. The second-order valence-corrected chi connectivity index (χ2v) is 7.40. The van der Waals surface area contributed by atoms with Gasteiger partial charge < -0.3 is 14.5 Å². The van der Waals surface area contributed by atoms with E-state index in [-0.39, 0.29) is 11.1 Å². The van der Waals surface area contributed by atoms with E-state index in [0.717, 1.165) is 44.6 Å². The zero-order valence-electron chi connectivity index (χ0n) is 14.8. The predicted octanol–water partition coefficient (Wildman–Crippen LogP) is 4.64. The van der Waals surface area contributed by atoms with Crippen molar-refractivity contribution in [3.63, 3.8) is 0 Å². The van der Waals surface area contributed by atoms with E-state index in [9.17, 15) is 18.0 Å². The Morgan fingerprint density at radius 1 is 1.15 bits per heavy atom. The Morgan fingerprint density at radius 2 is 1.74 bits per heavy atom. The summed E-state index contributed by atoms with van der Waals surface area (Å²) in [6.45, 7) is 3.36. The van der Waals surface area contributed by atoms with Gasteiger partial charge in [0, 0.05) is 26.2 Å². The molecule has 0 aromatic heterocycles. The summed E-state index contributed by atoms with van der Waals surface area (Å²) in [5.74, 6) is 0.804. The van der Waals surface area contributed by atoms with Crippen molar-refractivity contribution in [2.45, 2.75) is 25.6 Å². The fourth-order valence-electron chi connectivity index (χ4n) is 3.83. The van der Waals surface area contributed by atoms with Crippen molar-refractivity contribution in [2.75, 3.05) is 26.2 Å². The number of allylic oxidation sites excluding steroid dienone is 1. The fraction of sp³-hybridized carbons (Fsp3) is 0.526. The van der Waals surface area contributed by atoms with Gasteiger partial charge in [0.25, 0.3) is 0 Å². The summed E-state index contributed by atoms with van der Waals surface area (Å²) in [6.07, 6.45) is 2.12. The maximum Gasteiger partial charge on any atom is 0.573 e. The minimum atomic E-state index is -4.67. The van der Waals surface area contributed by atoms with E-state index in [1.165, 1.54) is 12.1 Å². The van der Waals surface area contributed by atoms with Gasteiger partial charge in [0.15, 0.2) is 0 Å². The SMILES string of the molecule is O=C(Cl)N1C[C@H]2CCN(/C=C/Cc3ccc(OC(F)(F)F)cc3)CC[C@H]2C1. The molecular formula is C19H22ClF3N2O2. The summed E-state index contributed by atoms with van der Waals surface area (Å²) in [5, 5.41) is -0.355. The topological polar surface area (TPSA) is 32.8 Å². The van der Waals surface area contributed by atoms with Gasteiger partial charge in [-0.25, -0.2) is 0 Å². The molecule has 4 nitrogen and oxygen atoms in total. The number of carbonyl (C=O) groups is 1. The second kappa shape index (κ2) is 8.42. The Bertz CT molecular complexity index is 663. The lowest BCUT2D eigenvalue weighted by Crippen LogP contribution is -2.26. The Labute approximate surface area is 161 Å². The molecule has 0 radical (unpaired) electrons. The third-order valence-electron chi connectivity index (χ3n) is 5.23. The van der Waals surface area contributed by atoms with Crippen molar-refractivity contribution in [1.82, 2.24) is 9.80 Å². The molecule has 148 valence electrons. The van der Waals surface area contributed by atoms with Gasteiger partial charge in [-0.1, -0.05) is 18.2 Å². The van der Waals surface area contributed by atoms with Gasteiger partial charge in [0.1, 0.15) is 5.75 Å². The van der Waals surface area contributed by atoms with Gasteiger partial charge >= 0.3 is 11.7 Å².